The SMILES string of the molecule is CCCCCCCCC[n+]1cccc(CCCCCCCC)c1. The Morgan fingerprint density at radius 1 is 0.696 bits per heavy atom. The maximum atomic E-state index is 2.40. The summed E-state index contributed by atoms with van der Waals surface area (Å²) in [6, 6.07) is 4.53. The number of aryl methyl sites for hydroxylation is 2. The van der Waals surface area contributed by atoms with Crippen molar-refractivity contribution in [2.75, 3.05) is 0 Å². The van der Waals surface area contributed by atoms with Crippen LogP contribution in [0, 0.1) is 0 Å². The molecular formula is C22H40N+. The van der Waals surface area contributed by atoms with Crippen LogP contribution in [0.5, 0.6) is 0 Å². The number of rotatable bonds is 15. The lowest BCUT2D eigenvalue weighted by Crippen LogP contribution is -2.33. The van der Waals surface area contributed by atoms with Gasteiger partial charge in [0.25, 0.3) is 0 Å². The first-order valence-electron chi connectivity index (χ1n) is 10.3. The molecule has 0 amide bonds. The molecule has 23 heavy (non-hydrogen) atoms. The second kappa shape index (κ2) is 14.7. The minimum atomic E-state index is 1.19. The molecule has 0 aliphatic carbocycles. The standard InChI is InChI=1S/C22H40N/c1-3-5-7-9-11-13-15-19-23-20-16-18-22(21-23)17-14-12-10-8-6-4-2/h16,18,20-21H,3-15,17,19H2,1-2H3/q+1. The van der Waals surface area contributed by atoms with Crippen LogP contribution >= 0.6 is 0 Å². The van der Waals surface area contributed by atoms with Gasteiger partial charge < -0.3 is 0 Å². The Labute approximate surface area is 145 Å². The van der Waals surface area contributed by atoms with Crippen LogP contribution in [0.1, 0.15) is 103 Å². The van der Waals surface area contributed by atoms with Gasteiger partial charge in [0.1, 0.15) is 6.54 Å². The third kappa shape index (κ3) is 11.3. The summed E-state index contributed by atoms with van der Waals surface area (Å²) in [5.74, 6) is 0. The van der Waals surface area contributed by atoms with E-state index in [-0.39, 0.29) is 0 Å². The van der Waals surface area contributed by atoms with Crippen molar-refractivity contribution in [3.63, 3.8) is 0 Å². The highest BCUT2D eigenvalue weighted by atomic mass is 14.9. The number of pyridine rings is 1. The number of nitrogens with zero attached hydrogens (tertiary/aromatic N) is 1. The topological polar surface area (TPSA) is 3.88 Å². The zero-order chi connectivity index (χ0) is 16.6. The predicted molar refractivity (Wildman–Crippen MR) is 102 cm³/mol. The van der Waals surface area contributed by atoms with Gasteiger partial charge in [-0.3, -0.25) is 0 Å². The Balaban J connectivity index is 2.10. The molecule has 0 bridgehead atoms. The summed E-state index contributed by atoms with van der Waals surface area (Å²) < 4.78 is 2.40. The summed E-state index contributed by atoms with van der Waals surface area (Å²) in [5.41, 5.74) is 1.52. The van der Waals surface area contributed by atoms with Crippen molar-refractivity contribution in [3.05, 3.63) is 30.1 Å². The van der Waals surface area contributed by atoms with E-state index in [2.05, 4.69) is 42.9 Å². The first kappa shape index (κ1) is 20.2. The third-order valence-electron chi connectivity index (χ3n) is 4.76. The van der Waals surface area contributed by atoms with Crippen molar-refractivity contribution in [1.82, 2.24) is 0 Å². The molecule has 0 N–H and O–H groups in total. The molecule has 0 aliphatic heterocycles. The molecule has 0 saturated heterocycles. The van der Waals surface area contributed by atoms with E-state index < -0.39 is 0 Å². The smallest absolute Gasteiger partial charge is 0.171 e. The fraction of sp³-hybridized carbons (Fsp3) is 0.773. The van der Waals surface area contributed by atoms with E-state index in [1.165, 1.54) is 102 Å². The summed E-state index contributed by atoms with van der Waals surface area (Å²) in [6.45, 7) is 5.76. The Morgan fingerprint density at radius 2 is 1.26 bits per heavy atom. The molecule has 1 heterocycles. The van der Waals surface area contributed by atoms with Gasteiger partial charge in [0.15, 0.2) is 12.4 Å². The van der Waals surface area contributed by atoms with E-state index in [4.69, 9.17) is 0 Å². The molecule has 0 radical (unpaired) electrons. The molecule has 132 valence electrons. The minimum absolute atomic E-state index is 1.19. The van der Waals surface area contributed by atoms with Crippen LogP contribution in [0.4, 0.5) is 0 Å². The molecule has 0 atom stereocenters. The molecule has 1 heteroatoms. The molecular weight excluding hydrogens is 278 g/mol. The van der Waals surface area contributed by atoms with Gasteiger partial charge in [-0.05, 0) is 25.3 Å². The summed E-state index contributed by atoms with van der Waals surface area (Å²) in [5, 5.41) is 0. The average Bonchev–Trinajstić information content (AvgIpc) is 2.57. The molecule has 0 unspecified atom stereocenters. The fourth-order valence-corrected chi connectivity index (χ4v) is 3.22. The van der Waals surface area contributed by atoms with Crippen molar-refractivity contribution in [3.8, 4) is 0 Å². The molecule has 0 aliphatic rings. The van der Waals surface area contributed by atoms with E-state index in [1.54, 1.807) is 0 Å². The van der Waals surface area contributed by atoms with Gasteiger partial charge in [-0.1, -0.05) is 78.1 Å². The molecule has 1 rings (SSSR count). The molecule has 1 nitrogen and oxygen atoms in total. The first-order chi connectivity index (χ1) is 11.4. The maximum Gasteiger partial charge on any atom is 0.171 e. The van der Waals surface area contributed by atoms with Crippen LogP contribution in [-0.2, 0) is 13.0 Å². The summed E-state index contributed by atoms with van der Waals surface area (Å²) >= 11 is 0. The molecule has 0 spiro atoms. The zero-order valence-corrected chi connectivity index (χ0v) is 15.9. The first-order valence-corrected chi connectivity index (χ1v) is 10.3. The average molecular weight is 319 g/mol. The Morgan fingerprint density at radius 3 is 1.91 bits per heavy atom. The molecule has 1 aromatic heterocycles. The Hall–Kier alpha value is -0.850. The number of hydrogen-bond acceptors (Lipinski definition) is 0. The highest BCUT2D eigenvalue weighted by molar-refractivity contribution is 5.05. The van der Waals surface area contributed by atoms with Crippen molar-refractivity contribution in [2.45, 2.75) is 110 Å². The third-order valence-corrected chi connectivity index (χ3v) is 4.76. The van der Waals surface area contributed by atoms with E-state index in [0.717, 1.165) is 0 Å². The van der Waals surface area contributed by atoms with Gasteiger partial charge >= 0.3 is 0 Å². The van der Waals surface area contributed by atoms with Crippen LogP contribution in [0.3, 0.4) is 0 Å². The summed E-state index contributed by atoms with van der Waals surface area (Å²) in [6.07, 6.45) is 24.0. The minimum Gasteiger partial charge on any atom is -0.205 e. The maximum absolute atomic E-state index is 2.40. The van der Waals surface area contributed by atoms with Gasteiger partial charge in [-0.2, -0.15) is 0 Å². The largest absolute Gasteiger partial charge is 0.205 e. The second-order valence-corrected chi connectivity index (χ2v) is 7.09. The fourth-order valence-electron chi connectivity index (χ4n) is 3.22. The van der Waals surface area contributed by atoms with Crippen LogP contribution in [0.25, 0.3) is 0 Å². The Bertz CT molecular complexity index is 372. The van der Waals surface area contributed by atoms with Crippen LogP contribution in [0.15, 0.2) is 24.5 Å². The van der Waals surface area contributed by atoms with Gasteiger partial charge in [-0.15, -0.1) is 0 Å². The summed E-state index contributed by atoms with van der Waals surface area (Å²) in [7, 11) is 0. The summed E-state index contributed by atoms with van der Waals surface area (Å²) in [4.78, 5) is 0. The van der Waals surface area contributed by atoms with Gasteiger partial charge in [0, 0.05) is 18.1 Å². The van der Waals surface area contributed by atoms with Crippen molar-refractivity contribution < 1.29 is 4.57 Å². The number of unbranched alkanes of at least 4 members (excludes halogenated alkanes) is 11. The monoisotopic (exact) mass is 318 g/mol. The normalized spacial score (nSPS) is 11.0. The van der Waals surface area contributed by atoms with Crippen LogP contribution in [-0.4, -0.2) is 0 Å². The predicted octanol–water partition coefficient (Wildman–Crippen LogP) is 6.63. The lowest BCUT2D eigenvalue weighted by molar-refractivity contribution is -0.697. The number of aromatic nitrogens is 1. The molecule has 1 aromatic rings. The lowest BCUT2D eigenvalue weighted by atomic mass is 10.1. The zero-order valence-electron chi connectivity index (χ0n) is 15.9. The van der Waals surface area contributed by atoms with Crippen LogP contribution in [0.2, 0.25) is 0 Å². The second-order valence-electron chi connectivity index (χ2n) is 7.09. The van der Waals surface area contributed by atoms with Crippen molar-refractivity contribution in [1.29, 1.82) is 0 Å². The van der Waals surface area contributed by atoms with Gasteiger partial charge in [0.2, 0.25) is 0 Å². The highest BCUT2D eigenvalue weighted by Crippen LogP contribution is 2.09. The van der Waals surface area contributed by atoms with Crippen molar-refractivity contribution in [2.24, 2.45) is 0 Å². The van der Waals surface area contributed by atoms with Crippen LogP contribution < -0.4 is 4.57 Å². The van der Waals surface area contributed by atoms with Crippen molar-refractivity contribution >= 4 is 0 Å². The lowest BCUT2D eigenvalue weighted by Gasteiger charge is -2.03. The van der Waals surface area contributed by atoms with E-state index >= 15 is 0 Å². The van der Waals surface area contributed by atoms with E-state index in [1.807, 2.05) is 0 Å². The quantitative estimate of drug-likeness (QED) is 0.252. The van der Waals surface area contributed by atoms with E-state index in [0.29, 0.717) is 0 Å². The molecule has 0 aromatic carbocycles. The molecule has 0 saturated carbocycles. The van der Waals surface area contributed by atoms with Gasteiger partial charge in [0.05, 0.1) is 0 Å². The van der Waals surface area contributed by atoms with Gasteiger partial charge in [-0.25, -0.2) is 4.57 Å². The molecule has 0 fully saturated rings. The highest BCUT2D eigenvalue weighted by Gasteiger charge is 2.03. The Kier molecular flexibility index (Phi) is 12.9. The van der Waals surface area contributed by atoms with E-state index in [9.17, 15) is 0 Å². The number of hydrogen-bond donors (Lipinski definition) is 0.